The molecule has 0 aliphatic carbocycles. The van der Waals surface area contributed by atoms with Crippen LogP contribution in [0.2, 0.25) is 5.02 Å². The first-order valence-electron chi connectivity index (χ1n) is 8.19. The third-order valence-electron chi connectivity index (χ3n) is 3.99. The Balaban J connectivity index is 1.86. The molecule has 0 saturated carbocycles. The summed E-state index contributed by atoms with van der Waals surface area (Å²) < 4.78 is 5.70. The summed E-state index contributed by atoms with van der Waals surface area (Å²) in [5.74, 6) is 0.232. The van der Waals surface area contributed by atoms with Gasteiger partial charge in [-0.15, -0.1) is 0 Å². The molecular weight excluding hydrogens is 340 g/mol. The van der Waals surface area contributed by atoms with E-state index in [0.29, 0.717) is 28.6 Å². The Morgan fingerprint density at radius 3 is 2.76 bits per heavy atom. The molecule has 1 aliphatic heterocycles. The molecule has 0 aromatic heterocycles. The molecule has 2 aromatic rings. The molecule has 5 nitrogen and oxygen atoms in total. The Hall–Kier alpha value is -2.53. The molecule has 2 aromatic carbocycles. The van der Waals surface area contributed by atoms with E-state index >= 15 is 0 Å². The summed E-state index contributed by atoms with van der Waals surface area (Å²) in [4.78, 5) is 26.4. The van der Waals surface area contributed by atoms with Crippen LogP contribution in [-0.2, 0) is 4.79 Å². The van der Waals surface area contributed by atoms with Gasteiger partial charge >= 0.3 is 0 Å². The van der Waals surface area contributed by atoms with E-state index in [1.165, 1.54) is 0 Å². The lowest BCUT2D eigenvalue weighted by atomic mass is 10.1. The number of hydrogen-bond donors (Lipinski definition) is 1. The summed E-state index contributed by atoms with van der Waals surface area (Å²) in [5.41, 5.74) is 1.71. The molecule has 0 spiro atoms. The Kier molecular flexibility index (Phi) is 4.95. The lowest BCUT2D eigenvalue weighted by molar-refractivity contribution is -0.125. The number of fused-ring (bicyclic) bond motifs is 1. The number of carbonyl (C=O) groups is 2. The minimum Gasteiger partial charge on any atom is -0.479 e. The SMILES string of the molecule is CCCN1C(=O)C(C)Oc2cc(NC(=O)c3ccccc3Cl)ccc21. The van der Waals surface area contributed by atoms with Crippen LogP contribution >= 0.6 is 11.6 Å². The summed E-state index contributed by atoms with van der Waals surface area (Å²) in [5, 5.41) is 3.21. The number of hydrogen-bond acceptors (Lipinski definition) is 3. The second-order valence-corrected chi connectivity index (χ2v) is 6.27. The molecule has 130 valence electrons. The van der Waals surface area contributed by atoms with E-state index in [-0.39, 0.29) is 11.8 Å². The van der Waals surface area contributed by atoms with Gasteiger partial charge in [0, 0.05) is 18.3 Å². The summed E-state index contributed by atoms with van der Waals surface area (Å²) in [6, 6.07) is 12.1. The molecule has 1 heterocycles. The molecule has 0 saturated heterocycles. The fraction of sp³-hybridized carbons (Fsp3) is 0.263. The maximum Gasteiger partial charge on any atom is 0.267 e. The first-order chi connectivity index (χ1) is 12.0. The van der Waals surface area contributed by atoms with Crippen molar-refractivity contribution in [1.82, 2.24) is 0 Å². The first-order valence-corrected chi connectivity index (χ1v) is 8.57. The van der Waals surface area contributed by atoms with Crippen LogP contribution in [0.5, 0.6) is 5.75 Å². The Labute approximate surface area is 151 Å². The minimum atomic E-state index is -0.548. The molecule has 1 atom stereocenters. The molecule has 0 radical (unpaired) electrons. The van der Waals surface area contributed by atoms with Gasteiger partial charge in [-0.1, -0.05) is 30.7 Å². The van der Waals surface area contributed by atoms with Crippen LogP contribution in [0.1, 0.15) is 30.6 Å². The summed E-state index contributed by atoms with van der Waals surface area (Å²) >= 11 is 6.06. The smallest absolute Gasteiger partial charge is 0.267 e. The zero-order valence-corrected chi connectivity index (χ0v) is 14.8. The molecular formula is C19H19ClN2O3. The van der Waals surface area contributed by atoms with Crippen molar-refractivity contribution < 1.29 is 14.3 Å². The Morgan fingerprint density at radius 1 is 1.28 bits per heavy atom. The molecule has 6 heteroatoms. The van der Waals surface area contributed by atoms with Crippen LogP contribution in [0.15, 0.2) is 42.5 Å². The zero-order chi connectivity index (χ0) is 18.0. The molecule has 25 heavy (non-hydrogen) atoms. The van der Waals surface area contributed by atoms with E-state index in [0.717, 1.165) is 12.1 Å². The van der Waals surface area contributed by atoms with Gasteiger partial charge in [0.15, 0.2) is 6.10 Å². The Morgan fingerprint density at radius 2 is 2.04 bits per heavy atom. The van der Waals surface area contributed by atoms with Crippen molar-refractivity contribution in [2.75, 3.05) is 16.8 Å². The molecule has 0 fully saturated rings. The maximum absolute atomic E-state index is 12.4. The number of amides is 2. The third-order valence-corrected chi connectivity index (χ3v) is 4.32. The highest BCUT2D eigenvalue weighted by Crippen LogP contribution is 2.36. The van der Waals surface area contributed by atoms with Gasteiger partial charge in [-0.3, -0.25) is 9.59 Å². The fourth-order valence-corrected chi connectivity index (χ4v) is 3.01. The van der Waals surface area contributed by atoms with Gasteiger partial charge in [0.25, 0.3) is 11.8 Å². The van der Waals surface area contributed by atoms with Crippen molar-refractivity contribution in [2.45, 2.75) is 26.4 Å². The monoisotopic (exact) mass is 358 g/mol. The van der Waals surface area contributed by atoms with Gasteiger partial charge in [0.1, 0.15) is 5.75 Å². The van der Waals surface area contributed by atoms with Gasteiger partial charge in [-0.05, 0) is 37.6 Å². The summed E-state index contributed by atoms with van der Waals surface area (Å²) in [6.45, 7) is 4.37. The van der Waals surface area contributed by atoms with Gasteiger partial charge in [-0.2, -0.15) is 0 Å². The van der Waals surface area contributed by atoms with Crippen molar-refractivity contribution in [3.8, 4) is 5.75 Å². The van der Waals surface area contributed by atoms with Crippen molar-refractivity contribution in [3.05, 3.63) is 53.1 Å². The number of anilines is 2. The molecule has 1 unspecified atom stereocenters. The minimum absolute atomic E-state index is 0.0535. The van der Waals surface area contributed by atoms with E-state index in [4.69, 9.17) is 16.3 Å². The topological polar surface area (TPSA) is 58.6 Å². The van der Waals surface area contributed by atoms with E-state index in [9.17, 15) is 9.59 Å². The van der Waals surface area contributed by atoms with E-state index in [1.54, 1.807) is 54.3 Å². The number of halogens is 1. The Bertz CT molecular complexity index is 822. The van der Waals surface area contributed by atoms with Crippen LogP contribution in [0.4, 0.5) is 11.4 Å². The molecule has 0 bridgehead atoms. The largest absolute Gasteiger partial charge is 0.479 e. The lowest BCUT2D eigenvalue weighted by Gasteiger charge is -2.33. The maximum atomic E-state index is 12.4. The number of benzene rings is 2. The van der Waals surface area contributed by atoms with Crippen LogP contribution in [0.3, 0.4) is 0 Å². The number of ether oxygens (including phenoxy) is 1. The van der Waals surface area contributed by atoms with Crippen molar-refractivity contribution in [3.63, 3.8) is 0 Å². The standard InChI is InChI=1S/C19H19ClN2O3/c1-3-10-22-16-9-8-13(11-17(16)25-12(2)19(22)24)21-18(23)14-6-4-5-7-15(14)20/h4-9,11-12H,3,10H2,1-2H3,(H,21,23). The highest BCUT2D eigenvalue weighted by Gasteiger charge is 2.31. The van der Waals surface area contributed by atoms with Crippen LogP contribution in [0.25, 0.3) is 0 Å². The van der Waals surface area contributed by atoms with Crippen LogP contribution < -0.4 is 15.0 Å². The highest BCUT2D eigenvalue weighted by atomic mass is 35.5. The normalized spacial score (nSPS) is 16.2. The first kappa shape index (κ1) is 17.3. The van der Waals surface area contributed by atoms with E-state index in [2.05, 4.69) is 5.32 Å². The molecule has 3 rings (SSSR count). The van der Waals surface area contributed by atoms with Crippen LogP contribution in [-0.4, -0.2) is 24.5 Å². The number of nitrogens with one attached hydrogen (secondary N) is 1. The third kappa shape index (κ3) is 3.46. The predicted octanol–water partition coefficient (Wildman–Crippen LogP) is 4.12. The van der Waals surface area contributed by atoms with Gasteiger partial charge in [0.05, 0.1) is 16.3 Å². The number of rotatable bonds is 4. The zero-order valence-electron chi connectivity index (χ0n) is 14.1. The fourth-order valence-electron chi connectivity index (χ4n) is 2.79. The van der Waals surface area contributed by atoms with E-state index < -0.39 is 6.10 Å². The van der Waals surface area contributed by atoms with Crippen LogP contribution in [0, 0.1) is 0 Å². The van der Waals surface area contributed by atoms with Crippen molar-refractivity contribution in [1.29, 1.82) is 0 Å². The number of nitrogens with zero attached hydrogens (tertiary/aromatic N) is 1. The number of carbonyl (C=O) groups excluding carboxylic acids is 2. The molecule has 1 aliphatic rings. The predicted molar refractivity (Wildman–Crippen MR) is 98.6 cm³/mol. The van der Waals surface area contributed by atoms with Crippen molar-refractivity contribution >= 4 is 34.8 Å². The van der Waals surface area contributed by atoms with Gasteiger partial charge < -0.3 is 15.0 Å². The molecule has 2 amide bonds. The average molecular weight is 359 g/mol. The second-order valence-electron chi connectivity index (χ2n) is 5.87. The van der Waals surface area contributed by atoms with E-state index in [1.807, 2.05) is 6.92 Å². The van der Waals surface area contributed by atoms with Crippen molar-refractivity contribution in [2.24, 2.45) is 0 Å². The van der Waals surface area contributed by atoms with Gasteiger partial charge in [-0.25, -0.2) is 0 Å². The molecule has 1 N–H and O–H groups in total. The van der Waals surface area contributed by atoms with Gasteiger partial charge in [0.2, 0.25) is 0 Å². The second kappa shape index (κ2) is 7.15. The summed E-state index contributed by atoms with van der Waals surface area (Å²) in [6.07, 6.45) is 0.302. The summed E-state index contributed by atoms with van der Waals surface area (Å²) in [7, 11) is 0. The lowest BCUT2D eigenvalue weighted by Crippen LogP contribution is -2.44. The quantitative estimate of drug-likeness (QED) is 0.894. The highest BCUT2D eigenvalue weighted by molar-refractivity contribution is 6.34. The average Bonchev–Trinajstić information content (AvgIpc) is 2.59.